The second-order valence-corrected chi connectivity index (χ2v) is 5.84. The first-order valence-corrected chi connectivity index (χ1v) is 5.68. The average molecular weight is 227 g/mol. The summed E-state index contributed by atoms with van der Waals surface area (Å²) in [5, 5.41) is 0. The Kier molecular flexibility index (Phi) is 4.59. The second-order valence-electron chi connectivity index (χ2n) is 5.84. The van der Waals surface area contributed by atoms with E-state index in [0.29, 0.717) is 12.3 Å². The summed E-state index contributed by atoms with van der Waals surface area (Å²) in [6.07, 6.45) is 0. The van der Waals surface area contributed by atoms with Gasteiger partial charge in [0.2, 0.25) is 0 Å². The molecule has 0 fully saturated rings. The molecule has 0 saturated carbocycles. The lowest BCUT2D eigenvalue weighted by atomic mass is 9.95. The number of hydrogen-bond donors (Lipinski definition) is 0. The number of carbonyl (C=O) groups excluding carboxylic acids is 1. The van der Waals surface area contributed by atoms with Gasteiger partial charge in [-0.05, 0) is 48.5 Å². The minimum Gasteiger partial charge on any atom is -0.461 e. The van der Waals surface area contributed by atoms with Crippen molar-refractivity contribution < 1.29 is 9.53 Å². The van der Waals surface area contributed by atoms with E-state index in [1.54, 1.807) is 6.92 Å². The number of esters is 1. The highest BCUT2D eigenvalue weighted by atomic mass is 16.5. The van der Waals surface area contributed by atoms with E-state index in [-0.39, 0.29) is 17.0 Å². The van der Waals surface area contributed by atoms with Gasteiger partial charge in [0.25, 0.3) is 0 Å². The molecular formula is C13H25NO2. The molecule has 0 radical (unpaired) electrons. The normalized spacial score (nSPS) is 12.2. The zero-order chi connectivity index (χ0) is 13.1. The predicted molar refractivity (Wildman–Crippen MR) is 67.1 cm³/mol. The van der Waals surface area contributed by atoms with E-state index in [9.17, 15) is 4.79 Å². The average Bonchev–Trinajstić information content (AvgIpc) is 1.98. The van der Waals surface area contributed by atoms with Crippen molar-refractivity contribution in [2.75, 3.05) is 6.61 Å². The van der Waals surface area contributed by atoms with Crippen LogP contribution in [0, 0.1) is 0 Å². The van der Waals surface area contributed by atoms with Crippen LogP contribution in [0.3, 0.4) is 0 Å². The van der Waals surface area contributed by atoms with E-state index in [4.69, 9.17) is 4.74 Å². The van der Waals surface area contributed by atoms with E-state index in [2.05, 4.69) is 48.1 Å². The highest BCUT2D eigenvalue weighted by Crippen LogP contribution is 2.29. The van der Waals surface area contributed by atoms with Crippen molar-refractivity contribution in [2.45, 2.75) is 59.5 Å². The van der Waals surface area contributed by atoms with Crippen LogP contribution in [0.4, 0.5) is 0 Å². The van der Waals surface area contributed by atoms with Crippen molar-refractivity contribution in [3.8, 4) is 0 Å². The number of nitrogens with zero attached hydrogens (tertiary/aromatic N) is 1. The molecule has 3 heteroatoms. The maximum absolute atomic E-state index is 11.7. The van der Waals surface area contributed by atoms with Gasteiger partial charge in [0.05, 0.1) is 6.61 Å². The molecule has 3 nitrogen and oxygen atoms in total. The fourth-order valence-corrected chi connectivity index (χ4v) is 2.12. The molecule has 0 saturated heterocycles. The zero-order valence-corrected chi connectivity index (χ0v) is 11.7. The van der Waals surface area contributed by atoms with Gasteiger partial charge in [0.15, 0.2) is 0 Å². The van der Waals surface area contributed by atoms with Crippen molar-refractivity contribution in [1.29, 1.82) is 0 Å². The van der Waals surface area contributed by atoms with Crippen LogP contribution in [0.1, 0.15) is 48.5 Å². The topological polar surface area (TPSA) is 29.5 Å². The van der Waals surface area contributed by atoms with Gasteiger partial charge in [-0.2, -0.15) is 0 Å². The molecule has 0 bridgehead atoms. The van der Waals surface area contributed by atoms with Crippen LogP contribution in [0.2, 0.25) is 0 Å². The Hall–Kier alpha value is -0.990. The smallest absolute Gasteiger partial charge is 0.353 e. The summed E-state index contributed by atoms with van der Waals surface area (Å²) in [4.78, 5) is 13.7. The molecule has 0 heterocycles. The third-order valence-corrected chi connectivity index (χ3v) is 2.12. The Morgan fingerprint density at radius 3 is 1.75 bits per heavy atom. The predicted octanol–water partition coefficient (Wildman–Crippen LogP) is 2.96. The summed E-state index contributed by atoms with van der Waals surface area (Å²) in [5.74, 6) is -0.340. The molecule has 0 spiro atoms. The quantitative estimate of drug-likeness (QED) is 0.548. The molecule has 0 aromatic carbocycles. The maximum Gasteiger partial charge on any atom is 0.353 e. The zero-order valence-electron chi connectivity index (χ0n) is 11.7. The van der Waals surface area contributed by atoms with E-state index in [1.807, 2.05) is 4.90 Å². The monoisotopic (exact) mass is 227 g/mol. The standard InChI is InChI=1S/C13H25NO2/c1-9-16-11(15)10(2)14(12(3,4)5)13(6,7)8/h2,9H2,1,3-8H3. The number of hydrogen-bond acceptors (Lipinski definition) is 3. The van der Waals surface area contributed by atoms with Crippen LogP contribution in [0.5, 0.6) is 0 Å². The van der Waals surface area contributed by atoms with Gasteiger partial charge in [0, 0.05) is 11.1 Å². The van der Waals surface area contributed by atoms with Gasteiger partial charge in [-0.1, -0.05) is 6.58 Å². The molecule has 94 valence electrons. The van der Waals surface area contributed by atoms with Crippen LogP contribution in [0.25, 0.3) is 0 Å². The van der Waals surface area contributed by atoms with Gasteiger partial charge in [0.1, 0.15) is 5.70 Å². The van der Waals surface area contributed by atoms with Crippen LogP contribution in [0.15, 0.2) is 12.3 Å². The van der Waals surface area contributed by atoms with E-state index >= 15 is 0 Å². The lowest BCUT2D eigenvalue weighted by molar-refractivity contribution is -0.142. The van der Waals surface area contributed by atoms with Crippen molar-refractivity contribution in [3.63, 3.8) is 0 Å². The summed E-state index contributed by atoms with van der Waals surface area (Å²) in [6.45, 7) is 18.4. The molecular weight excluding hydrogens is 202 g/mol. The molecule has 0 atom stereocenters. The van der Waals surface area contributed by atoms with Crippen molar-refractivity contribution in [2.24, 2.45) is 0 Å². The minimum absolute atomic E-state index is 0.165. The van der Waals surface area contributed by atoms with E-state index < -0.39 is 0 Å². The fourth-order valence-electron chi connectivity index (χ4n) is 2.12. The van der Waals surface area contributed by atoms with Gasteiger partial charge >= 0.3 is 5.97 Å². The molecule has 0 aliphatic rings. The highest BCUT2D eigenvalue weighted by Gasteiger charge is 2.35. The molecule has 0 aliphatic carbocycles. The third-order valence-electron chi connectivity index (χ3n) is 2.12. The number of rotatable bonds is 3. The number of carbonyl (C=O) groups is 1. The van der Waals surface area contributed by atoms with Crippen molar-refractivity contribution in [3.05, 3.63) is 12.3 Å². The van der Waals surface area contributed by atoms with Gasteiger partial charge < -0.3 is 9.64 Å². The van der Waals surface area contributed by atoms with Crippen LogP contribution >= 0.6 is 0 Å². The Labute approximate surface area is 99.5 Å². The van der Waals surface area contributed by atoms with Gasteiger partial charge in [-0.15, -0.1) is 0 Å². The summed E-state index contributed by atoms with van der Waals surface area (Å²) in [6, 6.07) is 0. The van der Waals surface area contributed by atoms with Gasteiger partial charge in [-0.3, -0.25) is 0 Å². The molecule has 0 amide bonds. The molecule has 0 aromatic rings. The molecule has 0 aromatic heterocycles. The Morgan fingerprint density at radius 1 is 1.12 bits per heavy atom. The molecule has 0 aliphatic heterocycles. The first kappa shape index (κ1) is 15.0. The van der Waals surface area contributed by atoms with E-state index in [1.165, 1.54) is 0 Å². The summed E-state index contributed by atoms with van der Waals surface area (Å²) in [5.41, 5.74) is 0.0892. The van der Waals surface area contributed by atoms with E-state index in [0.717, 1.165) is 0 Å². The van der Waals surface area contributed by atoms with Crippen molar-refractivity contribution >= 4 is 5.97 Å². The van der Waals surface area contributed by atoms with Crippen LogP contribution in [-0.4, -0.2) is 28.6 Å². The SMILES string of the molecule is C=C(C(=O)OCC)N(C(C)(C)C)C(C)(C)C. The summed E-state index contributed by atoms with van der Waals surface area (Å²) >= 11 is 0. The molecule has 16 heavy (non-hydrogen) atoms. The van der Waals surface area contributed by atoms with Crippen LogP contribution in [-0.2, 0) is 9.53 Å². The summed E-state index contributed by atoms with van der Waals surface area (Å²) in [7, 11) is 0. The Balaban J connectivity index is 5.09. The fraction of sp³-hybridized carbons (Fsp3) is 0.769. The second kappa shape index (κ2) is 4.89. The lowest BCUT2D eigenvalue weighted by Crippen LogP contribution is -2.53. The first-order valence-electron chi connectivity index (χ1n) is 5.68. The van der Waals surface area contributed by atoms with Crippen molar-refractivity contribution in [1.82, 2.24) is 4.90 Å². The third kappa shape index (κ3) is 3.87. The summed E-state index contributed by atoms with van der Waals surface area (Å²) < 4.78 is 4.99. The first-order chi connectivity index (χ1) is 7.01. The Morgan fingerprint density at radius 2 is 1.50 bits per heavy atom. The Bertz CT molecular complexity index is 255. The largest absolute Gasteiger partial charge is 0.461 e. The lowest BCUT2D eigenvalue weighted by Gasteiger charge is -2.47. The molecule has 0 rings (SSSR count). The molecule has 0 N–H and O–H groups in total. The van der Waals surface area contributed by atoms with Crippen LogP contribution < -0.4 is 0 Å². The maximum atomic E-state index is 11.7. The number of ether oxygens (including phenoxy) is 1. The van der Waals surface area contributed by atoms with Gasteiger partial charge in [-0.25, -0.2) is 4.79 Å². The minimum atomic E-state index is -0.340. The highest BCUT2D eigenvalue weighted by molar-refractivity contribution is 5.87. The molecule has 0 unspecified atom stereocenters.